The van der Waals surface area contributed by atoms with Crippen LogP contribution >= 0.6 is 0 Å². The van der Waals surface area contributed by atoms with Gasteiger partial charge in [0.2, 0.25) is 12.1 Å². The molecular weight excluding hydrogens is 700 g/mol. The third-order valence-electron chi connectivity index (χ3n) is 8.09. The number of aliphatic hydroxyl groups excluding tert-OH is 3. The van der Waals surface area contributed by atoms with Gasteiger partial charge in [-0.1, -0.05) is 69.2 Å². The van der Waals surface area contributed by atoms with E-state index in [0.717, 1.165) is 0 Å². The van der Waals surface area contributed by atoms with E-state index in [1.54, 1.807) is 41.5 Å². The van der Waals surface area contributed by atoms with E-state index in [1.165, 1.54) is 0 Å². The zero-order valence-corrected chi connectivity index (χ0v) is 32.8. The van der Waals surface area contributed by atoms with E-state index in [4.69, 9.17) is 37.9 Å². The van der Waals surface area contributed by atoms with E-state index >= 15 is 0 Å². The molecule has 2 rings (SSSR count). The molecule has 16 nitrogen and oxygen atoms in total. The molecule has 16 heteroatoms. The van der Waals surface area contributed by atoms with E-state index in [-0.39, 0.29) is 61.7 Å². The highest BCUT2D eigenvalue weighted by atomic mass is 16.8. The normalized spacial score (nSPS) is 28.8. The van der Waals surface area contributed by atoms with Crippen LogP contribution in [0.2, 0.25) is 0 Å². The first kappa shape index (κ1) is 46.3. The van der Waals surface area contributed by atoms with Crippen molar-refractivity contribution in [2.75, 3.05) is 19.8 Å². The molecule has 2 heterocycles. The van der Waals surface area contributed by atoms with Crippen molar-refractivity contribution in [3.8, 4) is 0 Å². The average Bonchev–Trinajstić information content (AvgIpc) is 3.26. The van der Waals surface area contributed by atoms with Crippen LogP contribution in [0.25, 0.3) is 0 Å². The maximum absolute atomic E-state index is 13.1. The number of hydrogen-bond acceptors (Lipinski definition) is 16. The summed E-state index contributed by atoms with van der Waals surface area (Å²) in [5.74, 6) is -6.40. The fourth-order valence-corrected chi connectivity index (χ4v) is 5.61. The summed E-state index contributed by atoms with van der Waals surface area (Å²) in [6, 6.07) is 0. The number of esters is 5. The lowest BCUT2D eigenvalue weighted by atomic mass is 9.98. The summed E-state index contributed by atoms with van der Waals surface area (Å²) in [5.41, 5.74) is 0. The molecule has 0 aromatic heterocycles. The van der Waals surface area contributed by atoms with Crippen molar-refractivity contribution in [2.24, 2.45) is 29.6 Å². The van der Waals surface area contributed by atoms with Crippen molar-refractivity contribution in [1.82, 2.24) is 0 Å². The van der Waals surface area contributed by atoms with Gasteiger partial charge in [-0.2, -0.15) is 0 Å². The smallest absolute Gasteiger partial charge is 0.306 e. The Kier molecular flexibility index (Phi) is 18.6. The minimum Gasteiger partial charge on any atom is -0.463 e. The van der Waals surface area contributed by atoms with Gasteiger partial charge in [0.1, 0.15) is 50.3 Å². The summed E-state index contributed by atoms with van der Waals surface area (Å²) in [7, 11) is 0. The van der Waals surface area contributed by atoms with Crippen LogP contribution < -0.4 is 0 Å². The molecule has 2 saturated heterocycles. The maximum Gasteiger partial charge on any atom is 0.306 e. The van der Waals surface area contributed by atoms with Crippen molar-refractivity contribution in [1.29, 1.82) is 0 Å². The SMILES string of the molecule is CC(C)CC(=O)OCC1OC(OC2(COC(=O)CC(C)C)OC(COC(=O)CC(C)C)C(O)C2OC(=O)CC(C)C)C(OC(=O)CC(C)C)C(O)C1O. The predicted molar refractivity (Wildman–Crippen MR) is 185 cm³/mol. The van der Waals surface area contributed by atoms with E-state index in [1.807, 2.05) is 27.7 Å². The Morgan fingerprint density at radius 2 is 0.962 bits per heavy atom. The van der Waals surface area contributed by atoms with Gasteiger partial charge >= 0.3 is 29.8 Å². The zero-order valence-electron chi connectivity index (χ0n) is 32.8. The second-order valence-corrected chi connectivity index (χ2v) is 16.0. The summed E-state index contributed by atoms with van der Waals surface area (Å²) in [4.78, 5) is 63.8. The Hall–Kier alpha value is -2.89. The molecule has 0 amide bonds. The lowest BCUT2D eigenvalue weighted by Gasteiger charge is -2.45. The molecule has 0 spiro atoms. The van der Waals surface area contributed by atoms with Crippen molar-refractivity contribution >= 4 is 29.8 Å². The largest absolute Gasteiger partial charge is 0.463 e. The molecule has 53 heavy (non-hydrogen) atoms. The molecule has 0 radical (unpaired) electrons. The molecule has 9 unspecified atom stereocenters. The van der Waals surface area contributed by atoms with Gasteiger partial charge in [-0.3, -0.25) is 24.0 Å². The van der Waals surface area contributed by atoms with E-state index < -0.39 is 104 Å². The number of aliphatic hydroxyl groups is 3. The quantitative estimate of drug-likeness (QED) is 0.120. The average molecular weight is 763 g/mol. The van der Waals surface area contributed by atoms with Crippen molar-refractivity contribution < 1.29 is 77.2 Å². The number of rotatable bonds is 20. The van der Waals surface area contributed by atoms with E-state index in [2.05, 4.69) is 0 Å². The molecule has 0 aromatic carbocycles. The lowest BCUT2D eigenvalue weighted by molar-refractivity contribution is -0.384. The number of carbonyl (C=O) groups is 5. The van der Waals surface area contributed by atoms with Crippen LogP contribution in [0, 0.1) is 29.6 Å². The molecule has 2 aliphatic rings. The molecule has 0 aliphatic carbocycles. The fraction of sp³-hybridized carbons (Fsp3) is 0.865. The third kappa shape index (κ3) is 15.0. The summed E-state index contributed by atoms with van der Waals surface area (Å²) in [6.45, 7) is 16.0. The Bertz CT molecular complexity index is 1200. The number of carbonyl (C=O) groups excluding carboxylic acids is 5. The Morgan fingerprint density at radius 1 is 0.547 bits per heavy atom. The molecular formula is C37H62O16. The van der Waals surface area contributed by atoms with Gasteiger partial charge < -0.3 is 53.2 Å². The van der Waals surface area contributed by atoms with E-state index in [9.17, 15) is 39.3 Å². The van der Waals surface area contributed by atoms with Gasteiger partial charge in [0.15, 0.2) is 12.2 Å². The van der Waals surface area contributed by atoms with Gasteiger partial charge in [0, 0.05) is 32.1 Å². The van der Waals surface area contributed by atoms with Crippen LogP contribution in [0.3, 0.4) is 0 Å². The van der Waals surface area contributed by atoms with Crippen LogP contribution in [0.5, 0.6) is 0 Å². The molecule has 0 aromatic rings. The zero-order chi connectivity index (χ0) is 40.2. The van der Waals surface area contributed by atoms with Gasteiger partial charge in [-0.25, -0.2) is 0 Å². The molecule has 0 saturated carbocycles. The minimum atomic E-state index is -2.41. The Morgan fingerprint density at radius 3 is 1.43 bits per heavy atom. The van der Waals surface area contributed by atoms with Crippen LogP contribution in [-0.2, 0) is 61.9 Å². The van der Waals surface area contributed by atoms with Gasteiger partial charge in [-0.05, 0) is 29.6 Å². The number of ether oxygens (including phenoxy) is 8. The highest BCUT2D eigenvalue weighted by molar-refractivity contribution is 5.71. The highest BCUT2D eigenvalue weighted by Crippen LogP contribution is 2.40. The van der Waals surface area contributed by atoms with Crippen molar-refractivity contribution in [3.05, 3.63) is 0 Å². The minimum absolute atomic E-state index is 0.0310. The first-order valence-electron chi connectivity index (χ1n) is 18.5. The van der Waals surface area contributed by atoms with Crippen molar-refractivity contribution in [3.63, 3.8) is 0 Å². The third-order valence-corrected chi connectivity index (χ3v) is 8.09. The predicted octanol–water partition coefficient (Wildman–Crippen LogP) is 2.59. The summed E-state index contributed by atoms with van der Waals surface area (Å²) in [6.07, 6.45) is -13.6. The molecule has 0 bridgehead atoms. The molecule has 3 N–H and O–H groups in total. The molecule has 306 valence electrons. The molecule has 2 fully saturated rings. The summed E-state index contributed by atoms with van der Waals surface area (Å²) >= 11 is 0. The van der Waals surface area contributed by atoms with Crippen LogP contribution in [-0.4, -0.2) is 120 Å². The first-order valence-corrected chi connectivity index (χ1v) is 18.5. The Balaban J connectivity index is 2.64. The lowest BCUT2D eigenvalue weighted by Crippen LogP contribution is -2.64. The van der Waals surface area contributed by atoms with Gasteiger partial charge in [0.05, 0.1) is 0 Å². The summed E-state index contributed by atoms with van der Waals surface area (Å²) in [5, 5.41) is 34.0. The number of hydrogen-bond donors (Lipinski definition) is 3. The van der Waals surface area contributed by atoms with Crippen LogP contribution in [0.15, 0.2) is 0 Å². The summed E-state index contributed by atoms with van der Waals surface area (Å²) < 4.78 is 46.1. The fourth-order valence-electron chi connectivity index (χ4n) is 5.61. The maximum atomic E-state index is 13.1. The molecule has 9 atom stereocenters. The second kappa shape index (κ2) is 21.3. The van der Waals surface area contributed by atoms with Crippen molar-refractivity contribution in [2.45, 2.75) is 156 Å². The standard InChI is InChI=1S/C37H62O16/c1-19(2)11-26(38)46-16-24-31(43)33(45)34(50-29(41)14-22(7)8)36(49-24)53-37(18-48-28(40)13-21(5)6)35(51-30(42)15-23(9)10)32(44)25(52-37)17-47-27(39)12-20(3)4/h19-25,31-36,43-45H,11-18H2,1-10H3. The van der Waals surface area contributed by atoms with Crippen LogP contribution in [0.4, 0.5) is 0 Å². The van der Waals surface area contributed by atoms with Gasteiger partial charge in [-0.15, -0.1) is 0 Å². The first-order chi connectivity index (χ1) is 24.6. The second-order valence-electron chi connectivity index (χ2n) is 16.0. The van der Waals surface area contributed by atoms with Gasteiger partial charge in [0.25, 0.3) is 0 Å². The van der Waals surface area contributed by atoms with Crippen LogP contribution in [0.1, 0.15) is 101 Å². The Labute approximate surface area is 312 Å². The monoisotopic (exact) mass is 762 g/mol. The topological polar surface area (TPSA) is 220 Å². The highest BCUT2D eigenvalue weighted by Gasteiger charge is 2.63. The molecule has 2 aliphatic heterocycles. The van der Waals surface area contributed by atoms with E-state index in [0.29, 0.717) is 0 Å².